The molecule has 0 saturated heterocycles. The Labute approximate surface area is 88.1 Å². The molecular weight excluding hydrogens is 231 g/mol. The van der Waals surface area contributed by atoms with Crippen LogP contribution in [0.5, 0.6) is 0 Å². The zero-order chi connectivity index (χ0) is 9.45. The van der Waals surface area contributed by atoms with Crippen LogP contribution in [0.4, 0.5) is 0 Å². The van der Waals surface area contributed by atoms with Crippen LogP contribution < -0.4 is 0 Å². The van der Waals surface area contributed by atoms with E-state index in [0.717, 1.165) is 31.4 Å². The SMILES string of the molecule is OP(O)(=S)CCCCCCSS. The van der Waals surface area contributed by atoms with E-state index in [1.807, 2.05) is 0 Å². The molecule has 0 rings (SSSR count). The summed E-state index contributed by atoms with van der Waals surface area (Å²) >= 11 is 8.51. The van der Waals surface area contributed by atoms with Crippen LogP contribution in [0.15, 0.2) is 0 Å². The Morgan fingerprint density at radius 2 is 1.75 bits per heavy atom. The first-order valence-corrected chi connectivity index (χ1v) is 8.80. The second-order valence-electron chi connectivity index (χ2n) is 2.64. The summed E-state index contributed by atoms with van der Waals surface area (Å²) in [6.07, 6.45) is 4.54. The maximum Gasteiger partial charge on any atom is 0.183 e. The molecule has 2 N–H and O–H groups in total. The normalized spacial score (nSPS) is 11.9. The van der Waals surface area contributed by atoms with E-state index in [2.05, 4.69) is 23.5 Å². The minimum atomic E-state index is -2.91. The summed E-state index contributed by atoms with van der Waals surface area (Å²) in [6.45, 7) is -2.91. The van der Waals surface area contributed by atoms with Gasteiger partial charge in [0.25, 0.3) is 0 Å². The lowest BCUT2D eigenvalue weighted by Gasteiger charge is -2.05. The van der Waals surface area contributed by atoms with Crippen molar-refractivity contribution in [2.45, 2.75) is 25.7 Å². The molecule has 0 unspecified atom stereocenters. The molecule has 0 aromatic heterocycles. The number of hydrogen-bond donors (Lipinski definition) is 3. The second kappa shape index (κ2) is 7.65. The first kappa shape index (κ1) is 13.3. The fraction of sp³-hybridized carbons (Fsp3) is 1.00. The third-order valence-electron chi connectivity index (χ3n) is 1.44. The van der Waals surface area contributed by atoms with Crippen molar-refractivity contribution < 1.29 is 9.79 Å². The van der Waals surface area contributed by atoms with Gasteiger partial charge in [0.2, 0.25) is 0 Å². The quantitative estimate of drug-likeness (QED) is 0.279. The van der Waals surface area contributed by atoms with Crippen LogP contribution in [0.25, 0.3) is 0 Å². The second-order valence-corrected chi connectivity index (χ2v) is 7.61. The molecule has 0 bridgehead atoms. The maximum atomic E-state index is 8.89. The molecule has 0 radical (unpaired) electrons. The van der Waals surface area contributed by atoms with Crippen LogP contribution in [-0.4, -0.2) is 21.7 Å². The summed E-state index contributed by atoms with van der Waals surface area (Å²) in [4.78, 5) is 17.8. The fourth-order valence-electron chi connectivity index (χ4n) is 0.838. The Balaban J connectivity index is 3.06. The van der Waals surface area contributed by atoms with Gasteiger partial charge in [-0.3, -0.25) is 0 Å². The van der Waals surface area contributed by atoms with Gasteiger partial charge in [-0.05, 0) is 24.6 Å². The topological polar surface area (TPSA) is 40.5 Å². The molecule has 0 amide bonds. The summed E-state index contributed by atoms with van der Waals surface area (Å²) in [6, 6.07) is 0. The van der Waals surface area contributed by atoms with Gasteiger partial charge in [0.05, 0.1) is 0 Å². The molecule has 0 aliphatic heterocycles. The molecule has 0 fully saturated rings. The average Bonchev–Trinajstić information content (AvgIpc) is 1.94. The third kappa shape index (κ3) is 11.3. The van der Waals surface area contributed by atoms with Crippen LogP contribution in [0, 0.1) is 0 Å². The van der Waals surface area contributed by atoms with Crippen molar-refractivity contribution in [3.8, 4) is 0 Å². The summed E-state index contributed by atoms with van der Waals surface area (Å²) in [5.74, 6) is 1.07. The molecule has 0 aliphatic carbocycles. The van der Waals surface area contributed by atoms with E-state index < -0.39 is 6.49 Å². The van der Waals surface area contributed by atoms with Gasteiger partial charge in [-0.15, -0.1) is 11.7 Å². The number of thiol groups is 1. The van der Waals surface area contributed by atoms with Gasteiger partial charge in [0.15, 0.2) is 6.49 Å². The van der Waals surface area contributed by atoms with E-state index in [4.69, 9.17) is 9.79 Å². The Morgan fingerprint density at radius 1 is 1.17 bits per heavy atom. The van der Waals surface area contributed by atoms with E-state index in [-0.39, 0.29) is 0 Å². The van der Waals surface area contributed by atoms with Gasteiger partial charge in [-0.2, -0.15) is 0 Å². The first-order valence-electron chi connectivity index (χ1n) is 3.87. The first-order chi connectivity index (χ1) is 5.56. The van der Waals surface area contributed by atoms with Crippen molar-refractivity contribution in [1.82, 2.24) is 0 Å². The highest BCUT2D eigenvalue weighted by Crippen LogP contribution is 2.36. The molecule has 0 heterocycles. The summed E-state index contributed by atoms with van der Waals surface area (Å²) in [7, 11) is 1.55. The highest BCUT2D eigenvalue weighted by Gasteiger charge is 2.05. The summed E-state index contributed by atoms with van der Waals surface area (Å²) in [5.41, 5.74) is 0. The number of hydrogen-bond acceptors (Lipinski definition) is 3. The third-order valence-corrected chi connectivity index (χ3v) is 3.90. The Bertz CT molecular complexity index is 148. The molecule has 6 heteroatoms. The molecule has 0 atom stereocenters. The smallest absolute Gasteiger partial charge is 0.183 e. The average molecular weight is 246 g/mol. The van der Waals surface area contributed by atoms with E-state index >= 15 is 0 Å². The van der Waals surface area contributed by atoms with Gasteiger partial charge in [-0.25, -0.2) is 0 Å². The van der Waals surface area contributed by atoms with Gasteiger partial charge < -0.3 is 9.79 Å². The zero-order valence-corrected chi connectivity index (χ0v) is 10.3. The monoisotopic (exact) mass is 246 g/mol. The standard InChI is InChI=1S/C6H15O2PS3/c7-9(8,10)5-3-1-2-4-6-12-11/h11H,1-6H2,(H2,7,8,10). The van der Waals surface area contributed by atoms with E-state index in [9.17, 15) is 0 Å². The molecule has 2 nitrogen and oxygen atoms in total. The molecule has 0 spiro atoms. The van der Waals surface area contributed by atoms with Crippen LogP contribution in [-0.2, 0) is 11.8 Å². The Kier molecular flexibility index (Phi) is 8.46. The highest BCUT2D eigenvalue weighted by molar-refractivity contribution is 8.68. The van der Waals surface area contributed by atoms with E-state index in [1.165, 1.54) is 0 Å². The van der Waals surface area contributed by atoms with Crippen LogP contribution in [0.1, 0.15) is 25.7 Å². The number of rotatable bonds is 7. The predicted molar refractivity (Wildman–Crippen MR) is 63.5 cm³/mol. The molecule has 74 valence electrons. The van der Waals surface area contributed by atoms with Crippen molar-refractivity contribution in [3.05, 3.63) is 0 Å². The Morgan fingerprint density at radius 3 is 2.25 bits per heavy atom. The largest absolute Gasteiger partial charge is 0.345 e. The zero-order valence-electron chi connectivity index (χ0n) is 6.85. The molecular formula is C6H15O2PS3. The predicted octanol–water partition coefficient (Wildman–Crippen LogP) is 2.42. The van der Waals surface area contributed by atoms with Gasteiger partial charge in [-0.1, -0.05) is 23.6 Å². The Hall–Kier alpha value is 1.27. The van der Waals surface area contributed by atoms with Crippen molar-refractivity contribution in [3.63, 3.8) is 0 Å². The summed E-state index contributed by atoms with van der Waals surface area (Å²) in [5, 5.41) is 0. The minimum Gasteiger partial charge on any atom is -0.345 e. The molecule has 0 saturated carbocycles. The molecule has 0 aromatic rings. The number of unbranched alkanes of at least 4 members (excludes halogenated alkanes) is 3. The van der Waals surface area contributed by atoms with Crippen LogP contribution >= 0.6 is 28.9 Å². The summed E-state index contributed by atoms with van der Waals surface area (Å²) < 4.78 is 0. The minimum absolute atomic E-state index is 0.399. The van der Waals surface area contributed by atoms with Crippen molar-refractivity contribution in [2.75, 3.05) is 11.9 Å². The van der Waals surface area contributed by atoms with Gasteiger partial charge in [0, 0.05) is 11.9 Å². The lowest BCUT2D eigenvalue weighted by Crippen LogP contribution is -1.88. The molecule has 12 heavy (non-hydrogen) atoms. The molecule has 0 aromatic carbocycles. The van der Waals surface area contributed by atoms with Crippen molar-refractivity contribution >= 4 is 40.8 Å². The van der Waals surface area contributed by atoms with Gasteiger partial charge in [0.1, 0.15) is 0 Å². The van der Waals surface area contributed by atoms with Crippen LogP contribution in [0.3, 0.4) is 0 Å². The van der Waals surface area contributed by atoms with E-state index in [0.29, 0.717) is 6.16 Å². The highest BCUT2D eigenvalue weighted by atomic mass is 33.1. The van der Waals surface area contributed by atoms with Gasteiger partial charge >= 0.3 is 0 Å². The fourth-order valence-corrected chi connectivity index (χ4v) is 2.58. The van der Waals surface area contributed by atoms with E-state index in [1.54, 1.807) is 10.8 Å². The lowest BCUT2D eigenvalue weighted by atomic mass is 10.2. The van der Waals surface area contributed by atoms with Crippen molar-refractivity contribution in [1.29, 1.82) is 0 Å². The maximum absolute atomic E-state index is 8.89. The molecule has 0 aliphatic rings. The lowest BCUT2D eigenvalue weighted by molar-refractivity contribution is 0.474. The van der Waals surface area contributed by atoms with Crippen LogP contribution in [0.2, 0.25) is 0 Å². The van der Waals surface area contributed by atoms with Crippen molar-refractivity contribution in [2.24, 2.45) is 0 Å².